The summed E-state index contributed by atoms with van der Waals surface area (Å²) in [5.74, 6) is 0.356. The highest BCUT2D eigenvalue weighted by molar-refractivity contribution is 5.83. The van der Waals surface area contributed by atoms with E-state index in [0.717, 1.165) is 19.3 Å². The molecule has 2 aliphatic rings. The van der Waals surface area contributed by atoms with Gasteiger partial charge in [-0.2, -0.15) is 0 Å². The van der Waals surface area contributed by atoms with Crippen molar-refractivity contribution >= 4 is 11.9 Å². The average molecular weight is 295 g/mol. The number of hydrogen-bond donors (Lipinski definition) is 1. The zero-order valence-electron chi connectivity index (χ0n) is 13.2. The summed E-state index contributed by atoms with van der Waals surface area (Å²) < 4.78 is 0. The van der Waals surface area contributed by atoms with Crippen LogP contribution in [0.25, 0.3) is 0 Å². The van der Waals surface area contributed by atoms with Gasteiger partial charge in [-0.3, -0.25) is 4.79 Å². The molecule has 21 heavy (non-hydrogen) atoms. The van der Waals surface area contributed by atoms with E-state index in [4.69, 9.17) is 0 Å². The minimum absolute atomic E-state index is 0.0579. The minimum Gasteiger partial charge on any atom is -0.480 e. The molecule has 0 aromatic carbocycles. The number of rotatable bonds is 5. The van der Waals surface area contributed by atoms with E-state index in [1.54, 1.807) is 4.90 Å². The number of carboxylic acid groups (broad SMARTS) is 1. The maximum atomic E-state index is 12.4. The van der Waals surface area contributed by atoms with Crippen molar-refractivity contribution in [2.75, 3.05) is 6.54 Å². The lowest BCUT2D eigenvalue weighted by Gasteiger charge is -2.37. The third-order valence-electron chi connectivity index (χ3n) is 5.39. The summed E-state index contributed by atoms with van der Waals surface area (Å²) in [6.07, 6.45) is 10.5. The van der Waals surface area contributed by atoms with E-state index in [0.29, 0.717) is 31.2 Å². The van der Waals surface area contributed by atoms with Gasteiger partial charge in [0.05, 0.1) is 0 Å². The summed E-state index contributed by atoms with van der Waals surface area (Å²) in [6, 6.07) is -0.595. The van der Waals surface area contributed by atoms with Crippen LogP contribution in [0.2, 0.25) is 0 Å². The Labute approximate surface area is 127 Å². The minimum atomic E-state index is -0.834. The molecule has 0 radical (unpaired) electrons. The van der Waals surface area contributed by atoms with E-state index in [1.165, 1.54) is 32.1 Å². The molecule has 4 nitrogen and oxygen atoms in total. The second-order valence-electron chi connectivity index (χ2n) is 6.78. The fourth-order valence-corrected chi connectivity index (χ4v) is 3.89. The topological polar surface area (TPSA) is 57.6 Å². The van der Waals surface area contributed by atoms with E-state index in [9.17, 15) is 14.7 Å². The van der Waals surface area contributed by atoms with Crippen molar-refractivity contribution in [3.8, 4) is 0 Å². The van der Waals surface area contributed by atoms with Gasteiger partial charge in [0, 0.05) is 13.0 Å². The third kappa shape index (κ3) is 4.45. The van der Waals surface area contributed by atoms with Gasteiger partial charge >= 0.3 is 5.97 Å². The SMILES string of the molecule is CCC1CCN(C(=O)CCC2CCCCC2)C(C(=O)O)C1. The second kappa shape index (κ2) is 7.81. The number of carbonyl (C=O) groups is 2. The van der Waals surface area contributed by atoms with Gasteiger partial charge in [0.15, 0.2) is 0 Å². The van der Waals surface area contributed by atoms with Crippen molar-refractivity contribution in [2.24, 2.45) is 11.8 Å². The number of carboxylic acids is 1. The van der Waals surface area contributed by atoms with Crippen molar-refractivity contribution in [2.45, 2.75) is 77.2 Å². The molecule has 0 aromatic heterocycles. The lowest BCUT2D eigenvalue weighted by molar-refractivity contribution is -0.153. The molecule has 1 aliphatic heterocycles. The summed E-state index contributed by atoms with van der Waals surface area (Å²) in [4.78, 5) is 25.5. The molecule has 0 spiro atoms. The monoisotopic (exact) mass is 295 g/mol. The predicted octanol–water partition coefficient (Wildman–Crippen LogP) is 3.45. The summed E-state index contributed by atoms with van der Waals surface area (Å²) >= 11 is 0. The Bertz CT molecular complexity index is 363. The van der Waals surface area contributed by atoms with Gasteiger partial charge in [-0.05, 0) is 31.1 Å². The Morgan fingerprint density at radius 1 is 1.10 bits per heavy atom. The Hall–Kier alpha value is -1.06. The van der Waals surface area contributed by atoms with Crippen LogP contribution in [0.5, 0.6) is 0 Å². The van der Waals surface area contributed by atoms with Crippen LogP contribution in [0, 0.1) is 11.8 Å². The fourth-order valence-electron chi connectivity index (χ4n) is 3.89. The van der Waals surface area contributed by atoms with Crippen molar-refractivity contribution in [3.63, 3.8) is 0 Å². The first kappa shape index (κ1) is 16.3. The molecule has 2 rings (SSSR count). The lowest BCUT2D eigenvalue weighted by atomic mass is 9.85. The molecule has 2 unspecified atom stereocenters. The van der Waals surface area contributed by atoms with Crippen LogP contribution in [-0.4, -0.2) is 34.5 Å². The molecule has 120 valence electrons. The molecule has 1 N–H and O–H groups in total. The van der Waals surface area contributed by atoms with Crippen molar-refractivity contribution in [1.82, 2.24) is 4.90 Å². The number of hydrogen-bond acceptors (Lipinski definition) is 2. The largest absolute Gasteiger partial charge is 0.480 e. The Morgan fingerprint density at radius 3 is 2.43 bits per heavy atom. The maximum absolute atomic E-state index is 12.4. The number of nitrogens with zero attached hydrogens (tertiary/aromatic N) is 1. The van der Waals surface area contributed by atoms with Crippen molar-refractivity contribution < 1.29 is 14.7 Å². The molecule has 1 saturated heterocycles. The average Bonchev–Trinajstić information content (AvgIpc) is 2.52. The van der Waals surface area contributed by atoms with E-state index in [1.807, 2.05) is 0 Å². The molecule has 1 aliphatic carbocycles. The van der Waals surface area contributed by atoms with E-state index in [2.05, 4.69) is 6.92 Å². The fraction of sp³-hybridized carbons (Fsp3) is 0.882. The molecule has 0 bridgehead atoms. The zero-order chi connectivity index (χ0) is 15.2. The number of carbonyl (C=O) groups excluding carboxylic acids is 1. The Balaban J connectivity index is 1.85. The van der Waals surface area contributed by atoms with Crippen LogP contribution in [0.3, 0.4) is 0 Å². The van der Waals surface area contributed by atoms with Crippen LogP contribution in [-0.2, 0) is 9.59 Å². The highest BCUT2D eigenvalue weighted by Gasteiger charge is 2.35. The van der Waals surface area contributed by atoms with Gasteiger partial charge < -0.3 is 10.0 Å². The van der Waals surface area contributed by atoms with Gasteiger partial charge in [-0.15, -0.1) is 0 Å². The first-order chi connectivity index (χ1) is 10.1. The highest BCUT2D eigenvalue weighted by Crippen LogP contribution is 2.29. The summed E-state index contributed by atoms with van der Waals surface area (Å²) in [5, 5.41) is 9.39. The van der Waals surface area contributed by atoms with E-state index in [-0.39, 0.29) is 5.91 Å². The Kier molecular flexibility index (Phi) is 6.07. The van der Waals surface area contributed by atoms with Crippen molar-refractivity contribution in [1.29, 1.82) is 0 Å². The molecule has 4 heteroatoms. The summed E-state index contributed by atoms with van der Waals surface area (Å²) in [7, 11) is 0. The Morgan fingerprint density at radius 2 is 1.81 bits per heavy atom. The van der Waals surface area contributed by atoms with Crippen LogP contribution in [0.1, 0.15) is 71.1 Å². The molecule has 2 atom stereocenters. The van der Waals surface area contributed by atoms with Crippen LogP contribution >= 0.6 is 0 Å². The van der Waals surface area contributed by atoms with Gasteiger partial charge in [0.2, 0.25) is 5.91 Å². The van der Waals surface area contributed by atoms with Gasteiger partial charge in [-0.25, -0.2) is 4.79 Å². The molecule has 1 saturated carbocycles. The van der Waals surface area contributed by atoms with Gasteiger partial charge in [0.25, 0.3) is 0 Å². The lowest BCUT2D eigenvalue weighted by Crippen LogP contribution is -2.50. The van der Waals surface area contributed by atoms with Crippen molar-refractivity contribution in [3.05, 3.63) is 0 Å². The summed E-state index contributed by atoms with van der Waals surface area (Å²) in [6.45, 7) is 2.73. The molecule has 0 aromatic rings. The zero-order valence-corrected chi connectivity index (χ0v) is 13.2. The highest BCUT2D eigenvalue weighted by atomic mass is 16.4. The number of aliphatic carboxylic acids is 1. The summed E-state index contributed by atoms with van der Waals surface area (Å²) in [5.41, 5.74) is 0. The van der Waals surface area contributed by atoms with E-state index < -0.39 is 12.0 Å². The normalized spacial score (nSPS) is 27.6. The maximum Gasteiger partial charge on any atom is 0.326 e. The van der Waals surface area contributed by atoms with Crippen LogP contribution in [0.15, 0.2) is 0 Å². The number of piperidine rings is 1. The molecule has 1 heterocycles. The molecular weight excluding hydrogens is 266 g/mol. The second-order valence-corrected chi connectivity index (χ2v) is 6.78. The molecular formula is C17H29NO3. The van der Waals surface area contributed by atoms with Crippen LogP contribution in [0.4, 0.5) is 0 Å². The van der Waals surface area contributed by atoms with Gasteiger partial charge in [0.1, 0.15) is 6.04 Å². The standard InChI is InChI=1S/C17H29NO3/c1-2-13-10-11-18(15(12-13)17(20)21)16(19)9-8-14-6-4-3-5-7-14/h13-15H,2-12H2,1H3,(H,20,21). The number of amides is 1. The smallest absolute Gasteiger partial charge is 0.326 e. The molecule has 2 fully saturated rings. The molecule has 1 amide bonds. The first-order valence-electron chi connectivity index (χ1n) is 8.64. The van der Waals surface area contributed by atoms with Crippen LogP contribution < -0.4 is 0 Å². The number of likely N-dealkylation sites (tertiary alicyclic amines) is 1. The van der Waals surface area contributed by atoms with E-state index >= 15 is 0 Å². The third-order valence-corrected chi connectivity index (χ3v) is 5.39. The van der Waals surface area contributed by atoms with Gasteiger partial charge in [-0.1, -0.05) is 45.4 Å². The first-order valence-corrected chi connectivity index (χ1v) is 8.64. The quantitative estimate of drug-likeness (QED) is 0.845. The predicted molar refractivity (Wildman–Crippen MR) is 82.0 cm³/mol.